The summed E-state index contributed by atoms with van der Waals surface area (Å²) in [5.74, 6) is -0.691. The van der Waals surface area contributed by atoms with Gasteiger partial charge in [0.25, 0.3) is 5.91 Å². The second-order valence-corrected chi connectivity index (χ2v) is 7.85. The average Bonchev–Trinajstić information content (AvgIpc) is 3.08. The molecule has 0 aliphatic carbocycles. The Labute approximate surface area is 198 Å². The van der Waals surface area contributed by atoms with Crippen molar-refractivity contribution in [1.29, 1.82) is 0 Å². The average molecular weight is 482 g/mol. The molecule has 35 heavy (non-hydrogen) atoms. The molecule has 8 nitrogen and oxygen atoms in total. The number of aryl methyl sites for hydroxylation is 1. The summed E-state index contributed by atoms with van der Waals surface area (Å²) >= 11 is 0. The van der Waals surface area contributed by atoms with Crippen molar-refractivity contribution < 1.29 is 22.7 Å². The van der Waals surface area contributed by atoms with Crippen LogP contribution in [0, 0.1) is 0 Å². The van der Waals surface area contributed by atoms with Crippen molar-refractivity contribution in [3.63, 3.8) is 0 Å². The lowest BCUT2D eigenvalue weighted by atomic mass is 9.98. The van der Waals surface area contributed by atoms with Gasteiger partial charge in [-0.15, -0.1) is 13.2 Å². The van der Waals surface area contributed by atoms with E-state index in [4.69, 9.17) is 11.5 Å². The molecule has 0 fully saturated rings. The van der Waals surface area contributed by atoms with Gasteiger partial charge in [0.1, 0.15) is 17.8 Å². The van der Waals surface area contributed by atoms with E-state index >= 15 is 0 Å². The molecule has 0 bridgehead atoms. The Hall–Kier alpha value is -4.54. The molecule has 2 aromatic carbocycles. The van der Waals surface area contributed by atoms with E-state index in [1.807, 2.05) is 0 Å². The number of hydrogen-bond donors (Lipinski definition) is 3. The second-order valence-electron chi connectivity index (χ2n) is 7.85. The van der Waals surface area contributed by atoms with Crippen LogP contribution < -0.4 is 21.5 Å². The summed E-state index contributed by atoms with van der Waals surface area (Å²) < 4.78 is 44.7. The van der Waals surface area contributed by atoms with Crippen molar-refractivity contribution in [3.8, 4) is 28.1 Å². The van der Waals surface area contributed by atoms with Crippen LogP contribution in [0.1, 0.15) is 6.92 Å². The Morgan fingerprint density at radius 1 is 1.09 bits per heavy atom. The number of anilines is 3. The third-order valence-corrected chi connectivity index (χ3v) is 5.33. The predicted octanol–water partition coefficient (Wildman–Crippen LogP) is 4.88. The maximum Gasteiger partial charge on any atom is 0.573 e. The van der Waals surface area contributed by atoms with Gasteiger partial charge < -0.3 is 26.1 Å². The zero-order chi connectivity index (χ0) is 25.5. The molecule has 0 radical (unpaired) electrons. The number of halogens is 3. The van der Waals surface area contributed by atoms with E-state index in [9.17, 15) is 18.0 Å². The fourth-order valence-corrected chi connectivity index (χ4v) is 3.75. The zero-order valence-corrected chi connectivity index (χ0v) is 18.8. The van der Waals surface area contributed by atoms with E-state index in [-0.39, 0.29) is 17.4 Å². The number of hydrogen-bond acceptors (Lipinski definition) is 6. The molecular formula is C24H21F3N6O2. The van der Waals surface area contributed by atoms with Gasteiger partial charge in [0, 0.05) is 23.9 Å². The van der Waals surface area contributed by atoms with Crippen molar-refractivity contribution in [2.75, 3.05) is 16.8 Å². The molecule has 0 aliphatic heterocycles. The molecular weight excluding hydrogens is 461 g/mol. The molecule has 0 spiro atoms. The van der Waals surface area contributed by atoms with Crippen LogP contribution in [-0.4, -0.2) is 26.8 Å². The van der Waals surface area contributed by atoms with Crippen LogP contribution in [0.5, 0.6) is 5.75 Å². The van der Waals surface area contributed by atoms with Crippen molar-refractivity contribution in [2.24, 2.45) is 7.05 Å². The molecule has 2 aromatic heterocycles. The zero-order valence-electron chi connectivity index (χ0n) is 18.8. The van der Waals surface area contributed by atoms with Crippen LogP contribution in [0.3, 0.4) is 0 Å². The van der Waals surface area contributed by atoms with Crippen molar-refractivity contribution in [3.05, 3.63) is 60.9 Å². The van der Waals surface area contributed by atoms with Gasteiger partial charge in [0.05, 0.1) is 16.8 Å². The maximum atomic E-state index is 12.9. The highest BCUT2D eigenvalue weighted by Gasteiger charge is 2.32. The number of benzene rings is 2. The minimum absolute atomic E-state index is 0.160. The Balaban J connectivity index is 1.92. The van der Waals surface area contributed by atoms with Gasteiger partial charge in [0.2, 0.25) is 0 Å². The number of carbonyl (C=O) groups is 1. The molecule has 0 unspecified atom stereocenters. The Kier molecular flexibility index (Phi) is 5.85. The molecule has 0 saturated carbocycles. The summed E-state index contributed by atoms with van der Waals surface area (Å²) in [5, 5.41) is 3.19. The van der Waals surface area contributed by atoms with E-state index in [2.05, 4.69) is 26.6 Å². The van der Waals surface area contributed by atoms with Gasteiger partial charge in [-0.2, -0.15) is 0 Å². The predicted molar refractivity (Wildman–Crippen MR) is 128 cm³/mol. The van der Waals surface area contributed by atoms with Gasteiger partial charge in [-0.1, -0.05) is 24.8 Å². The fraction of sp³-hybridized carbons (Fsp3) is 0.125. The highest BCUT2D eigenvalue weighted by Crippen LogP contribution is 2.43. The van der Waals surface area contributed by atoms with Crippen molar-refractivity contribution in [1.82, 2.24) is 14.5 Å². The number of nitrogens with zero attached hydrogens (tertiary/aromatic N) is 3. The van der Waals surface area contributed by atoms with Gasteiger partial charge in [-0.25, -0.2) is 9.97 Å². The first-order chi connectivity index (χ1) is 16.5. The van der Waals surface area contributed by atoms with Crippen LogP contribution in [-0.2, 0) is 11.8 Å². The van der Waals surface area contributed by atoms with Crippen molar-refractivity contribution >= 4 is 34.1 Å². The molecule has 0 atom stereocenters. The molecule has 0 aliphatic rings. The number of nitrogens with two attached hydrogens (primary N) is 2. The third kappa shape index (κ3) is 4.60. The number of alkyl halides is 3. The Morgan fingerprint density at radius 2 is 1.74 bits per heavy atom. The molecule has 4 rings (SSSR count). The quantitative estimate of drug-likeness (QED) is 0.275. The highest BCUT2D eigenvalue weighted by molar-refractivity contribution is 6.08. The van der Waals surface area contributed by atoms with Crippen LogP contribution in [0.4, 0.5) is 30.4 Å². The van der Waals surface area contributed by atoms with Gasteiger partial charge in [-0.05, 0) is 42.3 Å². The molecule has 5 N–H and O–H groups in total. The molecule has 1 amide bonds. The lowest BCUT2D eigenvalue weighted by Crippen LogP contribution is -2.18. The minimum atomic E-state index is -4.92. The number of fused-ring (bicyclic) bond motifs is 1. The van der Waals surface area contributed by atoms with Crippen molar-refractivity contribution in [2.45, 2.75) is 13.3 Å². The molecule has 4 aromatic rings. The first kappa shape index (κ1) is 23.6. The molecule has 0 saturated heterocycles. The largest absolute Gasteiger partial charge is 0.573 e. The number of ether oxygens (including phenoxy) is 1. The fourth-order valence-electron chi connectivity index (χ4n) is 3.75. The molecule has 11 heteroatoms. The van der Waals surface area contributed by atoms with E-state index in [1.54, 1.807) is 48.9 Å². The number of carbonyl (C=O) groups excluding carboxylic acids is 1. The van der Waals surface area contributed by atoms with Gasteiger partial charge >= 0.3 is 6.36 Å². The molecule has 180 valence electrons. The maximum absolute atomic E-state index is 12.9. The number of nitrogens with one attached hydrogen (secondary N) is 1. The summed E-state index contributed by atoms with van der Waals surface area (Å²) in [5.41, 5.74) is 15.3. The topological polar surface area (TPSA) is 121 Å². The minimum Gasteiger partial charge on any atom is -0.404 e. The number of amides is 1. The first-order valence-electron chi connectivity index (χ1n) is 10.3. The van der Waals surface area contributed by atoms with Gasteiger partial charge in [0.15, 0.2) is 5.75 Å². The van der Waals surface area contributed by atoms with E-state index < -0.39 is 12.1 Å². The summed E-state index contributed by atoms with van der Waals surface area (Å²) in [6, 6.07) is 11.0. The summed E-state index contributed by atoms with van der Waals surface area (Å²) in [4.78, 5) is 20.3. The summed E-state index contributed by atoms with van der Waals surface area (Å²) in [6.07, 6.45) is -3.61. The Morgan fingerprint density at radius 3 is 2.37 bits per heavy atom. The van der Waals surface area contributed by atoms with E-state index in [1.165, 1.54) is 18.5 Å². The SMILES string of the molecule is C=C(C)C(=O)Nc1ccc(-c2c(-c3ccc(N)c(OC(F)(F)F)c3)c3c(N)ncnc3n2C)cc1. The monoisotopic (exact) mass is 482 g/mol. The first-order valence-corrected chi connectivity index (χ1v) is 10.3. The summed E-state index contributed by atoms with van der Waals surface area (Å²) in [6.45, 7) is 5.21. The lowest BCUT2D eigenvalue weighted by Gasteiger charge is -2.14. The smallest absolute Gasteiger partial charge is 0.404 e. The van der Waals surface area contributed by atoms with Crippen LogP contribution in [0.15, 0.2) is 60.9 Å². The van der Waals surface area contributed by atoms with Crippen LogP contribution in [0.25, 0.3) is 33.4 Å². The van der Waals surface area contributed by atoms with Gasteiger partial charge in [-0.3, -0.25) is 4.79 Å². The second kappa shape index (κ2) is 8.67. The lowest BCUT2D eigenvalue weighted by molar-refractivity contribution is -0.274. The normalized spacial score (nSPS) is 11.5. The summed E-state index contributed by atoms with van der Waals surface area (Å²) in [7, 11) is 1.76. The Bertz CT molecular complexity index is 1460. The third-order valence-electron chi connectivity index (χ3n) is 5.33. The van der Waals surface area contributed by atoms with Crippen LogP contribution in [0.2, 0.25) is 0 Å². The standard InChI is InChI=1S/C24H21F3N6O2/c1-12(2)23(34)32-15-7-4-13(5-8-15)20-18(19-21(29)30-11-31-22(19)33(20)3)14-6-9-16(28)17(10-14)35-24(25,26)27/h4-11H,1,28H2,2-3H3,(H,32,34)(H2,29,30,31). The molecule has 2 heterocycles. The number of nitrogen functional groups attached to an aromatic ring is 2. The van der Waals surface area contributed by atoms with E-state index in [0.717, 1.165) is 0 Å². The highest BCUT2D eigenvalue weighted by atomic mass is 19.4. The number of rotatable bonds is 5. The number of aromatic nitrogens is 3. The van der Waals surface area contributed by atoms with Crippen LogP contribution >= 0.6 is 0 Å². The van der Waals surface area contributed by atoms with E-state index in [0.29, 0.717) is 44.7 Å².